The number of anilines is 1. The molecule has 0 radical (unpaired) electrons. The number of aryl methyl sites for hydroxylation is 1. The molecule has 2 atom stereocenters. The van der Waals surface area contributed by atoms with Gasteiger partial charge in [-0.1, -0.05) is 6.07 Å². The number of hydrogen-bond acceptors (Lipinski definition) is 5. The van der Waals surface area contributed by atoms with Gasteiger partial charge in [-0.25, -0.2) is 0 Å². The van der Waals surface area contributed by atoms with Crippen molar-refractivity contribution in [3.05, 3.63) is 65.4 Å². The van der Waals surface area contributed by atoms with Crippen molar-refractivity contribution in [3.8, 4) is 5.75 Å². The topological polar surface area (TPSA) is 74.7 Å². The third-order valence-electron chi connectivity index (χ3n) is 6.90. The van der Waals surface area contributed by atoms with Gasteiger partial charge < -0.3 is 15.2 Å². The van der Waals surface area contributed by atoms with Gasteiger partial charge in [-0.2, -0.15) is 0 Å². The summed E-state index contributed by atoms with van der Waals surface area (Å²) in [6.07, 6.45) is 5.01. The molecular weight excluding hydrogens is 414 g/mol. The first-order chi connectivity index (χ1) is 16.0. The summed E-state index contributed by atoms with van der Waals surface area (Å²) < 4.78 is 5.76. The maximum Gasteiger partial charge on any atom is 0.255 e. The molecule has 0 bridgehead atoms. The highest BCUT2D eigenvalue weighted by Gasteiger charge is 2.25. The summed E-state index contributed by atoms with van der Waals surface area (Å²) in [6, 6.07) is 13.6. The van der Waals surface area contributed by atoms with E-state index in [1.54, 1.807) is 12.1 Å². The second-order valence-corrected chi connectivity index (χ2v) is 9.42. The van der Waals surface area contributed by atoms with Crippen molar-refractivity contribution in [2.45, 2.75) is 45.3 Å². The van der Waals surface area contributed by atoms with Gasteiger partial charge >= 0.3 is 0 Å². The van der Waals surface area contributed by atoms with Gasteiger partial charge in [-0.15, -0.1) is 0 Å². The van der Waals surface area contributed by atoms with Gasteiger partial charge in [-0.3, -0.25) is 14.7 Å². The maximum absolute atomic E-state index is 12.8. The van der Waals surface area contributed by atoms with Gasteiger partial charge in [0.15, 0.2) is 0 Å². The van der Waals surface area contributed by atoms with Crippen LogP contribution in [-0.4, -0.2) is 46.7 Å². The molecule has 172 valence electrons. The fourth-order valence-corrected chi connectivity index (χ4v) is 4.46. The van der Waals surface area contributed by atoms with Gasteiger partial charge in [0.25, 0.3) is 5.91 Å². The third-order valence-corrected chi connectivity index (χ3v) is 6.90. The van der Waals surface area contributed by atoms with E-state index in [0.717, 1.165) is 53.0 Å². The van der Waals surface area contributed by atoms with Crippen molar-refractivity contribution in [2.24, 2.45) is 5.92 Å². The van der Waals surface area contributed by atoms with Crippen molar-refractivity contribution in [3.63, 3.8) is 0 Å². The molecule has 6 nitrogen and oxygen atoms in total. The first-order valence-corrected chi connectivity index (χ1v) is 11.8. The molecule has 2 fully saturated rings. The van der Waals surface area contributed by atoms with Crippen LogP contribution in [-0.2, 0) is 0 Å². The Labute approximate surface area is 194 Å². The first-order valence-electron chi connectivity index (χ1n) is 11.8. The average Bonchev–Trinajstić information content (AvgIpc) is 3.57. The fraction of sp³-hybridized carbons (Fsp3) is 0.407. The summed E-state index contributed by atoms with van der Waals surface area (Å²) in [4.78, 5) is 19.8. The Kier molecular flexibility index (Phi) is 6.04. The minimum Gasteiger partial charge on any atom is -0.493 e. The number of carbonyl (C=O) groups excluding carboxylic acids is 1. The summed E-state index contributed by atoms with van der Waals surface area (Å²) in [5, 5.41) is 13.9. The Bertz CT molecular complexity index is 1160. The van der Waals surface area contributed by atoms with Crippen molar-refractivity contribution < 1.29 is 14.6 Å². The number of pyridine rings is 1. The number of ether oxygens (including phenoxy) is 1. The van der Waals surface area contributed by atoms with Crippen LogP contribution in [0.1, 0.15) is 53.7 Å². The monoisotopic (exact) mass is 445 g/mol. The smallest absolute Gasteiger partial charge is 0.255 e. The first kappa shape index (κ1) is 21.9. The van der Waals surface area contributed by atoms with Crippen LogP contribution in [0.4, 0.5) is 5.69 Å². The number of β-amino-alcohol motifs (C(OH)–C–C–N with tert-alkyl or cyclic N) is 1. The summed E-state index contributed by atoms with van der Waals surface area (Å²) in [5.41, 5.74) is 4.32. The van der Waals surface area contributed by atoms with Gasteiger partial charge in [0.2, 0.25) is 0 Å². The van der Waals surface area contributed by atoms with E-state index in [2.05, 4.69) is 23.2 Å². The molecule has 1 saturated heterocycles. The number of aliphatic hydroxyl groups is 1. The SMILES string of the molecule is Cc1c(NC(=O)c2ccc(OCC3CC3)cc2)ccc2cc(C(C)N3CC[C@H](O)C3)cnc12. The molecular formula is C27H31N3O3. The number of fused-ring (bicyclic) bond motifs is 1. The van der Waals surface area contributed by atoms with Crippen LogP contribution in [0.2, 0.25) is 0 Å². The molecule has 2 N–H and O–H groups in total. The standard InChI is InChI=1S/C27H31N3O3/c1-17-25(29-27(32)20-5-8-24(9-6-20)33-16-19-3-4-19)10-7-21-13-22(14-28-26(17)21)18(2)30-12-11-23(31)15-30/h5-10,13-14,18-19,23,31H,3-4,11-12,15-16H2,1-2H3,(H,29,32)/t18?,23-/m0/s1. The van der Waals surface area contributed by atoms with E-state index in [1.807, 2.05) is 37.4 Å². The number of likely N-dealkylation sites (tertiary alicyclic amines) is 1. The Morgan fingerprint density at radius 3 is 2.70 bits per heavy atom. The normalized spacial score (nSPS) is 19.5. The van der Waals surface area contributed by atoms with Gasteiger partial charge in [0, 0.05) is 42.0 Å². The summed E-state index contributed by atoms with van der Waals surface area (Å²) >= 11 is 0. The van der Waals surface area contributed by atoms with Gasteiger partial charge in [0.1, 0.15) is 5.75 Å². The Balaban J connectivity index is 1.29. The summed E-state index contributed by atoms with van der Waals surface area (Å²) in [5.74, 6) is 1.35. The van der Waals surface area contributed by atoms with E-state index in [9.17, 15) is 9.90 Å². The van der Waals surface area contributed by atoms with E-state index in [-0.39, 0.29) is 18.1 Å². The molecule has 1 unspecified atom stereocenters. The average molecular weight is 446 g/mol. The van der Waals surface area contributed by atoms with E-state index >= 15 is 0 Å². The highest BCUT2D eigenvalue weighted by Crippen LogP contribution is 2.31. The zero-order valence-corrected chi connectivity index (χ0v) is 19.3. The lowest BCUT2D eigenvalue weighted by Crippen LogP contribution is -2.25. The lowest BCUT2D eigenvalue weighted by molar-refractivity contribution is 0.102. The minimum atomic E-state index is -0.235. The number of aromatic nitrogens is 1. The lowest BCUT2D eigenvalue weighted by atomic mass is 10.0. The number of nitrogens with zero attached hydrogens (tertiary/aromatic N) is 2. The molecule has 1 aliphatic heterocycles. The van der Waals surface area contributed by atoms with Crippen LogP contribution in [0.5, 0.6) is 5.75 Å². The third kappa shape index (κ3) is 4.87. The molecule has 5 rings (SSSR count). The Morgan fingerprint density at radius 2 is 2.00 bits per heavy atom. The second kappa shape index (κ2) is 9.12. The predicted octanol–water partition coefficient (Wildman–Crippen LogP) is 4.71. The molecule has 1 saturated carbocycles. The highest BCUT2D eigenvalue weighted by molar-refractivity contribution is 6.06. The molecule has 2 aromatic carbocycles. The predicted molar refractivity (Wildman–Crippen MR) is 130 cm³/mol. The summed E-state index contributed by atoms with van der Waals surface area (Å²) in [6.45, 7) is 6.51. The number of hydrogen-bond donors (Lipinski definition) is 2. The molecule has 2 heterocycles. The number of carbonyl (C=O) groups is 1. The van der Waals surface area contributed by atoms with Crippen molar-refractivity contribution in [1.82, 2.24) is 9.88 Å². The van der Waals surface area contributed by atoms with Crippen molar-refractivity contribution >= 4 is 22.5 Å². The maximum atomic E-state index is 12.8. The van der Waals surface area contributed by atoms with E-state index < -0.39 is 0 Å². The van der Waals surface area contributed by atoms with Crippen LogP contribution in [0.25, 0.3) is 10.9 Å². The van der Waals surface area contributed by atoms with E-state index in [0.29, 0.717) is 18.0 Å². The number of rotatable bonds is 7. The molecule has 0 spiro atoms. The van der Waals surface area contributed by atoms with Crippen LogP contribution >= 0.6 is 0 Å². The number of amides is 1. The zero-order valence-electron chi connectivity index (χ0n) is 19.3. The Morgan fingerprint density at radius 1 is 1.21 bits per heavy atom. The fourth-order valence-electron chi connectivity index (χ4n) is 4.46. The Hall–Kier alpha value is -2.96. The van der Waals surface area contributed by atoms with Crippen LogP contribution < -0.4 is 10.1 Å². The molecule has 6 heteroatoms. The number of aliphatic hydroxyl groups excluding tert-OH is 1. The quantitative estimate of drug-likeness (QED) is 0.551. The molecule has 3 aromatic rings. The minimum absolute atomic E-state index is 0.149. The molecule has 2 aliphatic rings. The molecule has 1 aliphatic carbocycles. The lowest BCUT2D eigenvalue weighted by Gasteiger charge is -2.24. The number of nitrogens with one attached hydrogen (secondary N) is 1. The second-order valence-electron chi connectivity index (χ2n) is 9.42. The molecule has 1 aromatic heterocycles. The van der Waals surface area contributed by atoms with Gasteiger partial charge in [0.05, 0.1) is 18.2 Å². The van der Waals surface area contributed by atoms with Crippen LogP contribution in [0.15, 0.2) is 48.7 Å². The highest BCUT2D eigenvalue weighted by atomic mass is 16.5. The van der Waals surface area contributed by atoms with E-state index in [4.69, 9.17) is 9.72 Å². The molecule has 1 amide bonds. The largest absolute Gasteiger partial charge is 0.493 e. The van der Waals surface area contributed by atoms with Crippen molar-refractivity contribution in [2.75, 3.05) is 25.0 Å². The molecule has 33 heavy (non-hydrogen) atoms. The number of benzene rings is 2. The van der Waals surface area contributed by atoms with Gasteiger partial charge in [-0.05, 0) is 86.6 Å². The van der Waals surface area contributed by atoms with E-state index in [1.165, 1.54) is 12.8 Å². The zero-order chi connectivity index (χ0) is 22.9. The van der Waals surface area contributed by atoms with Crippen LogP contribution in [0, 0.1) is 12.8 Å². The van der Waals surface area contributed by atoms with Crippen LogP contribution in [0.3, 0.4) is 0 Å². The van der Waals surface area contributed by atoms with Crippen molar-refractivity contribution in [1.29, 1.82) is 0 Å². The summed E-state index contributed by atoms with van der Waals surface area (Å²) in [7, 11) is 0.